The fourth-order valence-electron chi connectivity index (χ4n) is 0.794. The van der Waals surface area contributed by atoms with E-state index in [4.69, 9.17) is 5.11 Å². The van der Waals surface area contributed by atoms with Crippen molar-refractivity contribution in [2.45, 2.75) is 12.7 Å². The molecule has 1 rings (SSSR count). The van der Waals surface area contributed by atoms with Crippen LogP contribution in [0, 0.1) is 0 Å². The van der Waals surface area contributed by atoms with E-state index in [9.17, 15) is 0 Å². The summed E-state index contributed by atoms with van der Waals surface area (Å²) in [6, 6.07) is 10.6. The number of thioether (sulfide) groups is 1. The zero-order chi connectivity index (χ0) is 9.23. The summed E-state index contributed by atoms with van der Waals surface area (Å²) in [5, 5.41) is 7.00. The van der Waals surface area contributed by atoms with Crippen molar-refractivity contribution in [2.24, 2.45) is 0 Å². The van der Waals surface area contributed by atoms with E-state index in [0.717, 1.165) is 12.9 Å². The fraction of sp³-hybridized carbons (Fsp3) is 0.400. The standard InChI is InChI=1S/C9H12S.CH4O/c1-2-10-8-9-6-4-3-5-7-9;1-2/h3-7H,2,8H2,1H3;2H,1H3. The molecule has 1 N–H and O–H groups in total. The molecule has 2 heteroatoms. The molecule has 0 atom stereocenters. The Bertz CT molecular complexity index is 174. The fourth-order valence-corrected chi connectivity index (χ4v) is 1.43. The molecule has 68 valence electrons. The van der Waals surface area contributed by atoms with Gasteiger partial charge in [0.25, 0.3) is 0 Å². The summed E-state index contributed by atoms with van der Waals surface area (Å²) >= 11 is 1.96. The van der Waals surface area contributed by atoms with Gasteiger partial charge >= 0.3 is 0 Å². The third kappa shape index (κ3) is 5.22. The summed E-state index contributed by atoms with van der Waals surface area (Å²) in [5.41, 5.74) is 1.43. The van der Waals surface area contributed by atoms with Gasteiger partial charge in [-0.05, 0) is 11.3 Å². The van der Waals surface area contributed by atoms with E-state index in [-0.39, 0.29) is 0 Å². The first kappa shape index (κ1) is 11.5. The molecular weight excluding hydrogens is 168 g/mol. The van der Waals surface area contributed by atoms with Crippen LogP contribution in [-0.2, 0) is 5.75 Å². The minimum Gasteiger partial charge on any atom is -0.400 e. The zero-order valence-electron chi connectivity index (χ0n) is 7.66. The molecule has 0 aliphatic rings. The first-order valence-electron chi connectivity index (χ1n) is 4.00. The van der Waals surface area contributed by atoms with Gasteiger partial charge in [0.2, 0.25) is 0 Å². The molecular formula is C10H16OS. The number of aliphatic hydroxyl groups excluding tert-OH is 1. The lowest BCUT2D eigenvalue weighted by molar-refractivity contribution is 0.399. The molecule has 0 bridgehead atoms. The van der Waals surface area contributed by atoms with Crippen LogP contribution in [0.4, 0.5) is 0 Å². The van der Waals surface area contributed by atoms with Crippen molar-refractivity contribution in [3.63, 3.8) is 0 Å². The van der Waals surface area contributed by atoms with Gasteiger partial charge < -0.3 is 5.11 Å². The third-order valence-corrected chi connectivity index (χ3v) is 2.26. The summed E-state index contributed by atoms with van der Waals surface area (Å²) in [6.07, 6.45) is 0. The second-order valence-corrected chi connectivity index (χ2v) is 3.40. The zero-order valence-corrected chi connectivity index (χ0v) is 8.47. The quantitative estimate of drug-likeness (QED) is 0.779. The third-order valence-electron chi connectivity index (χ3n) is 1.32. The largest absolute Gasteiger partial charge is 0.400 e. The summed E-state index contributed by atoms with van der Waals surface area (Å²) in [4.78, 5) is 0. The van der Waals surface area contributed by atoms with E-state index in [1.165, 1.54) is 11.3 Å². The highest BCUT2D eigenvalue weighted by atomic mass is 32.2. The lowest BCUT2D eigenvalue weighted by atomic mass is 10.2. The van der Waals surface area contributed by atoms with Gasteiger partial charge in [-0.25, -0.2) is 0 Å². The Morgan fingerprint density at radius 2 is 1.75 bits per heavy atom. The summed E-state index contributed by atoms with van der Waals surface area (Å²) in [5.74, 6) is 2.35. The van der Waals surface area contributed by atoms with Crippen LogP contribution in [0.3, 0.4) is 0 Å². The Hall–Kier alpha value is -0.470. The smallest absolute Gasteiger partial charge is 0.0319 e. The van der Waals surface area contributed by atoms with Gasteiger partial charge in [0.05, 0.1) is 0 Å². The van der Waals surface area contributed by atoms with Gasteiger partial charge in [-0.1, -0.05) is 37.3 Å². The topological polar surface area (TPSA) is 20.2 Å². The van der Waals surface area contributed by atoms with Crippen molar-refractivity contribution in [1.82, 2.24) is 0 Å². The van der Waals surface area contributed by atoms with Gasteiger partial charge in [0.1, 0.15) is 0 Å². The first-order valence-corrected chi connectivity index (χ1v) is 5.15. The predicted molar refractivity (Wildman–Crippen MR) is 56.4 cm³/mol. The van der Waals surface area contributed by atoms with Gasteiger partial charge in [0.15, 0.2) is 0 Å². The van der Waals surface area contributed by atoms with E-state index in [0.29, 0.717) is 0 Å². The molecule has 0 spiro atoms. The average Bonchev–Trinajstić information content (AvgIpc) is 2.19. The molecule has 1 aromatic rings. The van der Waals surface area contributed by atoms with Gasteiger partial charge in [0, 0.05) is 12.9 Å². The van der Waals surface area contributed by atoms with Gasteiger partial charge in [-0.2, -0.15) is 11.8 Å². The van der Waals surface area contributed by atoms with Crippen molar-refractivity contribution in [1.29, 1.82) is 0 Å². The maximum absolute atomic E-state index is 7.00. The van der Waals surface area contributed by atoms with E-state index >= 15 is 0 Å². The molecule has 0 radical (unpaired) electrons. The molecule has 12 heavy (non-hydrogen) atoms. The molecule has 0 unspecified atom stereocenters. The average molecular weight is 184 g/mol. The molecule has 0 aliphatic heterocycles. The highest BCUT2D eigenvalue weighted by molar-refractivity contribution is 7.98. The molecule has 0 aromatic heterocycles. The lowest BCUT2D eigenvalue weighted by Crippen LogP contribution is -1.77. The van der Waals surface area contributed by atoms with Crippen LogP contribution in [0.5, 0.6) is 0 Å². The summed E-state index contributed by atoms with van der Waals surface area (Å²) < 4.78 is 0. The molecule has 0 saturated heterocycles. The maximum atomic E-state index is 7.00. The second-order valence-electron chi connectivity index (χ2n) is 2.12. The van der Waals surface area contributed by atoms with Crippen LogP contribution >= 0.6 is 11.8 Å². The molecule has 0 saturated carbocycles. The van der Waals surface area contributed by atoms with Crippen molar-refractivity contribution < 1.29 is 5.11 Å². The van der Waals surface area contributed by atoms with Gasteiger partial charge in [-0.3, -0.25) is 0 Å². The Morgan fingerprint density at radius 1 is 1.17 bits per heavy atom. The lowest BCUT2D eigenvalue weighted by Gasteiger charge is -1.96. The van der Waals surface area contributed by atoms with Crippen LogP contribution in [0.1, 0.15) is 12.5 Å². The van der Waals surface area contributed by atoms with Crippen LogP contribution in [0.2, 0.25) is 0 Å². The SMILES string of the molecule is CCSCc1ccccc1.CO. The Balaban J connectivity index is 0.000000561. The Labute approximate surface area is 78.8 Å². The Morgan fingerprint density at radius 3 is 2.25 bits per heavy atom. The Kier molecular flexibility index (Phi) is 8.29. The van der Waals surface area contributed by atoms with Gasteiger partial charge in [-0.15, -0.1) is 0 Å². The molecule has 1 aromatic carbocycles. The molecule has 1 nitrogen and oxygen atoms in total. The number of benzene rings is 1. The highest BCUT2D eigenvalue weighted by Gasteiger charge is 1.87. The number of aliphatic hydroxyl groups is 1. The van der Waals surface area contributed by atoms with E-state index < -0.39 is 0 Å². The minimum atomic E-state index is 1.00. The van der Waals surface area contributed by atoms with Crippen LogP contribution in [-0.4, -0.2) is 18.0 Å². The monoisotopic (exact) mass is 184 g/mol. The maximum Gasteiger partial charge on any atom is 0.0319 e. The van der Waals surface area contributed by atoms with E-state index in [1.807, 2.05) is 11.8 Å². The number of hydrogen-bond acceptors (Lipinski definition) is 2. The van der Waals surface area contributed by atoms with Crippen LogP contribution in [0.15, 0.2) is 30.3 Å². The minimum absolute atomic E-state index is 1.00. The molecule has 0 amide bonds. The second kappa shape index (κ2) is 8.62. The normalized spacial score (nSPS) is 8.58. The summed E-state index contributed by atoms with van der Waals surface area (Å²) in [7, 11) is 1.00. The predicted octanol–water partition coefficient (Wildman–Crippen LogP) is 2.55. The van der Waals surface area contributed by atoms with Crippen LogP contribution in [0.25, 0.3) is 0 Å². The number of rotatable bonds is 3. The molecule has 0 fully saturated rings. The first-order chi connectivity index (χ1) is 5.93. The summed E-state index contributed by atoms with van der Waals surface area (Å²) in [6.45, 7) is 2.19. The van der Waals surface area contributed by atoms with Crippen molar-refractivity contribution in [3.8, 4) is 0 Å². The molecule has 0 heterocycles. The van der Waals surface area contributed by atoms with Crippen molar-refractivity contribution in [3.05, 3.63) is 35.9 Å². The van der Waals surface area contributed by atoms with Crippen LogP contribution < -0.4 is 0 Å². The van der Waals surface area contributed by atoms with E-state index in [1.54, 1.807) is 0 Å². The van der Waals surface area contributed by atoms with Crippen molar-refractivity contribution >= 4 is 11.8 Å². The van der Waals surface area contributed by atoms with Crippen molar-refractivity contribution in [2.75, 3.05) is 12.9 Å². The number of hydrogen-bond donors (Lipinski definition) is 1. The highest BCUT2D eigenvalue weighted by Crippen LogP contribution is 2.09. The van der Waals surface area contributed by atoms with E-state index in [2.05, 4.69) is 37.3 Å². The molecule has 0 aliphatic carbocycles.